The molecule has 0 heterocycles. The van der Waals surface area contributed by atoms with Crippen molar-refractivity contribution in [2.75, 3.05) is 14.2 Å². The van der Waals surface area contributed by atoms with E-state index in [-0.39, 0.29) is 0 Å². The van der Waals surface area contributed by atoms with Gasteiger partial charge in [0.25, 0.3) is 0 Å². The molecular formula is C15H23NO3S. The molecule has 1 aliphatic rings. The van der Waals surface area contributed by atoms with Gasteiger partial charge in [0.1, 0.15) is 22.5 Å². The molecule has 0 amide bonds. The van der Waals surface area contributed by atoms with E-state index in [2.05, 4.69) is 4.72 Å². The Morgan fingerprint density at radius 3 is 2.45 bits per heavy atom. The Morgan fingerprint density at radius 2 is 1.85 bits per heavy atom. The van der Waals surface area contributed by atoms with Crippen LogP contribution in [0.2, 0.25) is 0 Å². The standard InChI is InChI=1S/C15H23NO3S/c1-11-13(18-2)9-10-14(15(11)19-3)20(17)16-12-7-5-4-6-8-12/h9-10,12,16H,4-8H2,1-3H3/t20-/m0/s1. The van der Waals surface area contributed by atoms with Gasteiger partial charge in [-0.05, 0) is 31.9 Å². The Morgan fingerprint density at radius 1 is 1.15 bits per heavy atom. The highest BCUT2D eigenvalue weighted by molar-refractivity contribution is 7.83. The summed E-state index contributed by atoms with van der Waals surface area (Å²) in [6.45, 7) is 1.92. The predicted octanol–water partition coefficient (Wildman–Crippen LogP) is 2.96. The van der Waals surface area contributed by atoms with E-state index < -0.39 is 11.0 Å². The number of nitrogens with one attached hydrogen (secondary N) is 1. The van der Waals surface area contributed by atoms with Crippen LogP contribution in [-0.4, -0.2) is 24.5 Å². The number of ether oxygens (including phenoxy) is 2. The van der Waals surface area contributed by atoms with Crippen molar-refractivity contribution >= 4 is 11.0 Å². The normalized spacial score (nSPS) is 17.8. The van der Waals surface area contributed by atoms with Crippen LogP contribution in [0.25, 0.3) is 0 Å². The third-order valence-corrected chi connectivity index (χ3v) is 5.09. The molecule has 0 radical (unpaired) electrons. The monoisotopic (exact) mass is 297 g/mol. The smallest absolute Gasteiger partial charge is 0.142 e. The highest BCUT2D eigenvalue weighted by Crippen LogP contribution is 2.33. The molecule has 0 bridgehead atoms. The van der Waals surface area contributed by atoms with E-state index in [0.29, 0.717) is 16.7 Å². The van der Waals surface area contributed by atoms with Crippen LogP contribution in [0.15, 0.2) is 17.0 Å². The average Bonchev–Trinajstić information content (AvgIpc) is 2.47. The topological polar surface area (TPSA) is 47.6 Å². The Kier molecular flexibility index (Phi) is 5.43. The first-order chi connectivity index (χ1) is 9.67. The molecule has 1 aromatic carbocycles. The van der Waals surface area contributed by atoms with Gasteiger partial charge < -0.3 is 9.47 Å². The minimum Gasteiger partial charge on any atom is -0.496 e. The lowest BCUT2D eigenvalue weighted by Crippen LogP contribution is -2.32. The first-order valence-electron chi connectivity index (χ1n) is 7.07. The maximum Gasteiger partial charge on any atom is 0.142 e. The molecule has 0 spiro atoms. The fraction of sp³-hybridized carbons (Fsp3) is 0.600. The van der Waals surface area contributed by atoms with Gasteiger partial charge in [0, 0.05) is 11.6 Å². The molecule has 0 unspecified atom stereocenters. The predicted molar refractivity (Wildman–Crippen MR) is 80.7 cm³/mol. The first kappa shape index (κ1) is 15.3. The van der Waals surface area contributed by atoms with Gasteiger partial charge in [-0.1, -0.05) is 19.3 Å². The molecule has 1 aliphatic carbocycles. The van der Waals surface area contributed by atoms with Crippen molar-refractivity contribution in [3.8, 4) is 11.5 Å². The van der Waals surface area contributed by atoms with E-state index in [1.807, 2.05) is 19.1 Å². The molecule has 0 saturated heterocycles. The van der Waals surface area contributed by atoms with E-state index in [9.17, 15) is 4.21 Å². The summed E-state index contributed by atoms with van der Waals surface area (Å²) >= 11 is 0. The molecule has 2 rings (SSSR count). The Labute approximate surface area is 123 Å². The van der Waals surface area contributed by atoms with E-state index in [0.717, 1.165) is 24.2 Å². The third-order valence-electron chi connectivity index (χ3n) is 3.82. The molecule has 0 aromatic heterocycles. The summed E-state index contributed by atoms with van der Waals surface area (Å²) in [6, 6.07) is 4.00. The van der Waals surface area contributed by atoms with Crippen molar-refractivity contribution in [1.82, 2.24) is 4.72 Å². The van der Waals surface area contributed by atoms with Gasteiger partial charge in [0.15, 0.2) is 0 Å². The van der Waals surface area contributed by atoms with Gasteiger partial charge in [0.05, 0.1) is 19.1 Å². The maximum absolute atomic E-state index is 12.5. The number of benzene rings is 1. The molecule has 1 fully saturated rings. The summed E-state index contributed by atoms with van der Waals surface area (Å²) in [5.41, 5.74) is 0.881. The summed E-state index contributed by atoms with van der Waals surface area (Å²) < 4.78 is 26.4. The molecular weight excluding hydrogens is 274 g/mol. The van der Waals surface area contributed by atoms with E-state index in [1.165, 1.54) is 19.3 Å². The van der Waals surface area contributed by atoms with Crippen LogP contribution in [0.3, 0.4) is 0 Å². The molecule has 4 nitrogen and oxygen atoms in total. The van der Waals surface area contributed by atoms with Crippen LogP contribution < -0.4 is 14.2 Å². The molecule has 1 aromatic rings. The Hall–Kier alpha value is -1.07. The zero-order chi connectivity index (χ0) is 14.5. The highest BCUT2D eigenvalue weighted by atomic mass is 32.2. The lowest BCUT2D eigenvalue weighted by Gasteiger charge is -2.23. The summed E-state index contributed by atoms with van der Waals surface area (Å²) in [4.78, 5) is 0.691. The minimum absolute atomic E-state index is 0.344. The SMILES string of the molecule is COc1ccc([S@](=O)NC2CCCCC2)c(OC)c1C. The number of hydrogen-bond acceptors (Lipinski definition) is 3. The van der Waals surface area contributed by atoms with E-state index in [1.54, 1.807) is 14.2 Å². The zero-order valence-corrected chi connectivity index (χ0v) is 13.2. The lowest BCUT2D eigenvalue weighted by molar-refractivity contribution is 0.380. The van der Waals surface area contributed by atoms with Crippen LogP contribution >= 0.6 is 0 Å². The van der Waals surface area contributed by atoms with Crippen molar-refractivity contribution in [2.45, 2.75) is 50.0 Å². The number of methoxy groups -OCH3 is 2. The molecule has 1 N–H and O–H groups in total. The van der Waals surface area contributed by atoms with E-state index in [4.69, 9.17) is 9.47 Å². The van der Waals surface area contributed by atoms with E-state index >= 15 is 0 Å². The quantitative estimate of drug-likeness (QED) is 0.909. The van der Waals surface area contributed by atoms with Crippen LogP contribution in [0.4, 0.5) is 0 Å². The zero-order valence-electron chi connectivity index (χ0n) is 12.4. The second-order valence-electron chi connectivity index (χ2n) is 5.15. The summed E-state index contributed by atoms with van der Waals surface area (Å²) in [5, 5.41) is 0. The van der Waals surface area contributed by atoms with Crippen LogP contribution in [0.5, 0.6) is 11.5 Å². The van der Waals surface area contributed by atoms with Gasteiger partial charge in [0.2, 0.25) is 0 Å². The molecule has 5 heteroatoms. The van der Waals surface area contributed by atoms with Gasteiger partial charge in [-0.2, -0.15) is 0 Å². The van der Waals surface area contributed by atoms with Crippen molar-refractivity contribution in [1.29, 1.82) is 0 Å². The second kappa shape index (κ2) is 7.09. The molecule has 0 aliphatic heterocycles. The molecule has 20 heavy (non-hydrogen) atoms. The Bertz CT molecular complexity index is 484. The number of rotatable bonds is 5. The Balaban J connectivity index is 2.18. The first-order valence-corrected chi connectivity index (χ1v) is 8.22. The van der Waals surface area contributed by atoms with Crippen molar-refractivity contribution in [2.24, 2.45) is 0 Å². The molecule has 1 saturated carbocycles. The van der Waals surface area contributed by atoms with Crippen LogP contribution in [-0.2, 0) is 11.0 Å². The van der Waals surface area contributed by atoms with Gasteiger partial charge in [-0.25, -0.2) is 8.93 Å². The van der Waals surface area contributed by atoms with Crippen molar-refractivity contribution < 1.29 is 13.7 Å². The number of hydrogen-bond donors (Lipinski definition) is 1. The van der Waals surface area contributed by atoms with Gasteiger partial charge in [-0.3, -0.25) is 0 Å². The van der Waals surface area contributed by atoms with Crippen LogP contribution in [0.1, 0.15) is 37.7 Å². The fourth-order valence-corrected chi connectivity index (χ4v) is 3.97. The van der Waals surface area contributed by atoms with Gasteiger partial charge in [-0.15, -0.1) is 0 Å². The average molecular weight is 297 g/mol. The summed E-state index contributed by atoms with van der Waals surface area (Å²) in [5.74, 6) is 1.39. The third kappa shape index (κ3) is 3.33. The highest BCUT2D eigenvalue weighted by Gasteiger charge is 2.20. The second-order valence-corrected chi connectivity index (χ2v) is 6.36. The summed E-state index contributed by atoms with van der Waals surface area (Å²) in [7, 11) is 1.98. The molecule has 1 atom stereocenters. The minimum atomic E-state index is -1.24. The van der Waals surface area contributed by atoms with Crippen LogP contribution in [0, 0.1) is 6.92 Å². The summed E-state index contributed by atoms with van der Waals surface area (Å²) in [6.07, 6.45) is 5.92. The lowest BCUT2D eigenvalue weighted by atomic mass is 9.96. The van der Waals surface area contributed by atoms with Crippen molar-refractivity contribution in [3.63, 3.8) is 0 Å². The largest absolute Gasteiger partial charge is 0.496 e. The van der Waals surface area contributed by atoms with Gasteiger partial charge >= 0.3 is 0 Å². The fourth-order valence-electron chi connectivity index (χ4n) is 2.70. The molecule has 112 valence electrons. The maximum atomic E-state index is 12.5. The van der Waals surface area contributed by atoms with Crippen molar-refractivity contribution in [3.05, 3.63) is 17.7 Å².